The predicted octanol–water partition coefficient (Wildman–Crippen LogP) is 6.30. The summed E-state index contributed by atoms with van der Waals surface area (Å²) in [6.07, 6.45) is 0. The van der Waals surface area contributed by atoms with Crippen LogP contribution in [0.15, 0.2) is 75.1 Å². The Hall–Kier alpha value is -4.87. The molecule has 0 aromatic heterocycles. The van der Waals surface area contributed by atoms with Gasteiger partial charge in [0.25, 0.3) is 5.69 Å². The molecule has 0 aliphatic rings. The molecular formula is C26H30N7O11P. The van der Waals surface area contributed by atoms with Crippen LogP contribution in [-0.2, 0) is 13.6 Å². The first kappa shape index (κ1) is 34.6. The Balaban J connectivity index is 1.80. The number of non-ortho nitro benzene ring substituents is 1. The molecular weight excluding hydrogens is 617 g/mol. The summed E-state index contributed by atoms with van der Waals surface area (Å²) < 4.78 is 32.1. The Morgan fingerprint density at radius 3 is 1.96 bits per heavy atom. The maximum Gasteiger partial charge on any atom is 0.472 e. The van der Waals surface area contributed by atoms with E-state index in [0.29, 0.717) is 11.4 Å². The summed E-state index contributed by atoms with van der Waals surface area (Å²) in [6.45, 7) is 1.77. The number of aliphatic hydroxyl groups excluding tert-OH is 1. The predicted molar refractivity (Wildman–Crippen MR) is 161 cm³/mol. The molecule has 0 heterocycles. The zero-order valence-corrected chi connectivity index (χ0v) is 25.3. The Bertz CT molecular complexity index is 1600. The Morgan fingerprint density at radius 2 is 1.42 bits per heavy atom. The molecule has 0 amide bonds. The van der Waals surface area contributed by atoms with Crippen molar-refractivity contribution in [3.63, 3.8) is 0 Å². The third-order valence-electron chi connectivity index (χ3n) is 5.88. The van der Waals surface area contributed by atoms with Crippen molar-refractivity contribution in [2.45, 2.75) is 6.92 Å². The maximum absolute atomic E-state index is 11.7. The summed E-state index contributed by atoms with van der Waals surface area (Å²) in [5.41, 5.74) is 0.291. The first-order valence-electron chi connectivity index (χ1n) is 13.1. The van der Waals surface area contributed by atoms with Crippen LogP contribution in [0, 0.1) is 20.2 Å². The van der Waals surface area contributed by atoms with Gasteiger partial charge in [-0.3, -0.25) is 29.3 Å². The minimum Gasteiger partial charge on any atom is -0.494 e. The van der Waals surface area contributed by atoms with Gasteiger partial charge in [0.2, 0.25) is 0 Å². The summed E-state index contributed by atoms with van der Waals surface area (Å²) in [5.74, 6) is 0.415. The largest absolute Gasteiger partial charge is 0.494 e. The topological polar surface area (TPSA) is 233 Å². The van der Waals surface area contributed by atoms with Gasteiger partial charge in [-0.15, -0.1) is 15.3 Å². The van der Waals surface area contributed by atoms with Crippen LogP contribution in [-0.4, -0.2) is 67.0 Å². The molecule has 0 aliphatic carbocycles. The van der Waals surface area contributed by atoms with E-state index >= 15 is 0 Å². The number of nitro benzene ring substituents is 2. The Kier molecular flexibility index (Phi) is 12.5. The SMILES string of the molecule is CCOP(=O)(O)OCCN(CCO)c1ccc(N=Nc2cc(OC)c(N=Nc3ccc([N+](=O)[O-])cc3[N+](=O)[O-])cc2OC)cc1. The smallest absolute Gasteiger partial charge is 0.472 e. The van der Waals surface area contributed by atoms with E-state index in [1.165, 1.54) is 26.4 Å². The lowest BCUT2D eigenvalue weighted by atomic mass is 10.2. The van der Waals surface area contributed by atoms with Gasteiger partial charge in [-0.05, 0) is 37.3 Å². The van der Waals surface area contributed by atoms with E-state index in [4.69, 9.17) is 14.0 Å². The van der Waals surface area contributed by atoms with Crippen molar-refractivity contribution in [3.8, 4) is 11.5 Å². The van der Waals surface area contributed by atoms with E-state index in [-0.39, 0.29) is 61.5 Å². The highest BCUT2D eigenvalue weighted by molar-refractivity contribution is 7.47. The molecule has 3 rings (SSSR count). The summed E-state index contributed by atoms with van der Waals surface area (Å²) in [7, 11) is -1.38. The van der Waals surface area contributed by atoms with Crippen LogP contribution in [0.25, 0.3) is 0 Å². The number of nitro groups is 2. The number of methoxy groups -OCH3 is 2. The number of aliphatic hydroxyl groups is 1. The standard InChI is InChI=1S/C26H30N7O11P/c1-4-43-45(39,40)44-14-12-31(11-13-34)19-7-5-18(6-8-19)27-29-22-16-26(42-3)23(17-25(22)41-2)30-28-21-10-9-20(32(35)36)15-24(21)33(37)38/h5-10,15-17,34H,4,11-14H2,1-3H3,(H,39,40). The van der Waals surface area contributed by atoms with Gasteiger partial charge in [-0.2, -0.15) is 5.11 Å². The van der Waals surface area contributed by atoms with E-state index in [1.54, 1.807) is 36.1 Å². The van der Waals surface area contributed by atoms with Crippen molar-refractivity contribution in [1.82, 2.24) is 0 Å². The van der Waals surface area contributed by atoms with Crippen LogP contribution in [0.4, 0.5) is 39.8 Å². The molecule has 0 bridgehead atoms. The number of anilines is 1. The van der Waals surface area contributed by atoms with Crippen molar-refractivity contribution in [2.75, 3.05) is 52.0 Å². The molecule has 3 aromatic rings. The second-order valence-corrected chi connectivity index (χ2v) is 10.2. The lowest BCUT2D eigenvalue weighted by molar-refractivity contribution is -0.393. The average molecular weight is 648 g/mol. The molecule has 0 fully saturated rings. The number of phosphoric ester groups is 1. The van der Waals surface area contributed by atoms with Crippen LogP contribution in [0.2, 0.25) is 0 Å². The first-order valence-corrected chi connectivity index (χ1v) is 14.6. The van der Waals surface area contributed by atoms with Crippen molar-refractivity contribution in [1.29, 1.82) is 0 Å². The second kappa shape index (κ2) is 16.3. The van der Waals surface area contributed by atoms with Gasteiger partial charge in [-0.25, -0.2) is 4.57 Å². The van der Waals surface area contributed by atoms with E-state index in [0.717, 1.165) is 18.2 Å². The van der Waals surface area contributed by atoms with E-state index in [9.17, 15) is 34.8 Å². The normalized spacial score (nSPS) is 12.7. The lowest BCUT2D eigenvalue weighted by Gasteiger charge is -2.24. The van der Waals surface area contributed by atoms with Gasteiger partial charge in [-0.1, -0.05) is 0 Å². The molecule has 0 saturated heterocycles. The molecule has 0 saturated carbocycles. The highest BCUT2D eigenvalue weighted by atomic mass is 31.2. The van der Waals surface area contributed by atoms with Crippen LogP contribution >= 0.6 is 7.82 Å². The van der Waals surface area contributed by atoms with Crippen LogP contribution in [0.3, 0.4) is 0 Å². The number of ether oxygens (including phenoxy) is 2. The van der Waals surface area contributed by atoms with Gasteiger partial charge < -0.3 is 24.4 Å². The Morgan fingerprint density at radius 1 is 0.822 bits per heavy atom. The zero-order valence-electron chi connectivity index (χ0n) is 24.4. The first-order chi connectivity index (χ1) is 21.5. The summed E-state index contributed by atoms with van der Waals surface area (Å²) >= 11 is 0. The summed E-state index contributed by atoms with van der Waals surface area (Å²) in [4.78, 5) is 32.2. The zero-order chi connectivity index (χ0) is 33.0. The molecule has 2 N–H and O–H groups in total. The molecule has 1 atom stereocenters. The molecule has 18 nitrogen and oxygen atoms in total. The van der Waals surface area contributed by atoms with E-state index in [2.05, 4.69) is 25.0 Å². The van der Waals surface area contributed by atoms with Crippen molar-refractivity contribution >= 4 is 47.6 Å². The number of azo groups is 2. The van der Waals surface area contributed by atoms with Gasteiger partial charge in [0.05, 0.1) is 55.6 Å². The Labute approximate surface area is 256 Å². The van der Waals surface area contributed by atoms with Crippen molar-refractivity contribution < 1.29 is 42.9 Å². The highest BCUT2D eigenvalue weighted by Gasteiger charge is 2.21. The van der Waals surface area contributed by atoms with Crippen LogP contribution in [0.5, 0.6) is 11.5 Å². The van der Waals surface area contributed by atoms with Crippen molar-refractivity contribution in [3.05, 3.63) is 74.8 Å². The van der Waals surface area contributed by atoms with Gasteiger partial charge in [0.1, 0.15) is 22.9 Å². The fourth-order valence-electron chi connectivity index (χ4n) is 3.78. The maximum atomic E-state index is 11.7. The molecule has 0 radical (unpaired) electrons. The fraction of sp³-hybridized carbons (Fsp3) is 0.308. The van der Waals surface area contributed by atoms with Crippen molar-refractivity contribution in [2.24, 2.45) is 20.5 Å². The summed E-state index contributed by atoms with van der Waals surface area (Å²) in [5, 5.41) is 48.2. The van der Waals surface area contributed by atoms with Gasteiger partial charge in [0.15, 0.2) is 5.69 Å². The molecule has 19 heteroatoms. The minimum absolute atomic E-state index is 0.0229. The number of phosphoric acid groups is 1. The molecule has 0 aliphatic heterocycles. The van der Waals surface area contributed by atoms with E-state index < -0.39 is 29.0 Å². The third-order valence-corrected chi connectivity index (χ3v) is 6.97. The van der Waals surface area contributed by atoms with Crippen LogP contribution in [0.1, 0.15) is 6.92 Å². The quantitative estimate of drug-likeness (QED) is 0.0710. The molecule has 240 valence electrons. The number of hydrogen-bond acceptors (Lipinski definition) is 15. The fourth-order valence-corrected chi connectivity index (χ4v) is 4.50. The highest BCUT2D eigenvalue weighted by Crippen LogP contribution is 2.43. The average Bonchev–Trinajstić information content (AvgIpc) is 3.02. The number of rotatable bonds is 17. The number of hydrogen-bond donors (Lipinski definition) is 2. The van der Waals surface area contributed by atoms with E-state index in [1.807, 2.05) is 0 Å². The van der Waals surface area contributed by atoms with Crippen LogP contribution < -0.4 is 14.4 Å². The van der Waals surface area contributed by atoms with Gasteiger partial charge in [0, 0.05) is 37.0 Å². The molecule has 1 unspecified atom stereocenters. The number of nitrogens with zero attached hydrogens (tertiary/aromatic N) is 7. The molecule has 0 spiro atoms. The minimum atomic E-state index is -4.14. The monoisotopic (exact) mass is 647 g/mol. The number of benzene rings is 3. The molecule has 3 aromatic carbocycles. The summed E-state index contributed by atoms with van der Waals surface area (Å²) in [6, 6.07) is 12.7. The van der Waals surface area contributed by atoms with Gasteiger partial charge >= 0.3 is 13.5 Å². The second-order valence-electron chi connectivity index (χ2n) is 8.73. The lowest BCUT2D eigenvalue weighted by Crippen LogP contribution is -2.30. The molecule has 45 heavy (non-hydrogen) atoms. The third kappa shape index (κ3) is 9.82.